The molecule has 2 saturated heterocycles. The molecule has 1 N–H and O–H groups in total. The predicted octanol–water partition coefficient (Wildman–Crippen LogP) is 2.22. The first-order valence-corrected chi connectivity index (χ1v) is 11.1. The highest BCUT2D eigenvalue weighted by atomic mass is 16.5. The average molecular weight is 419 g/mol. The molecule has 5 heterocycles. The molecule has 2 unspecified atom stereocenters. The van der Waals surface area contributed by atoms with Crippen molar-refractivity contribution in [2.24, 2.45) is 0 Å². The van der Waals surface area contributed by atoms with E-state index < -0.39 is 0 Å². The second-order valence-corrected chi connectivity index (χ2v) is 8.40. The first kappa shape index (κ1) is 18.7. The van der Waals surface area contributed by atoms with E-state index in [-0.39, 0.29) is 17.7 Å². The number of nitrogens with zero attached hydrogens (tertiary/aromatic N) is 6. The van der Waals surface area contributed by atoms with Crippen LogP contribution in [0.15, 0.2) is 41.6 Å². The fourth-order valence-corrected chi connectivity index (χ4v) is 4.93. The van der Waals surface area contributed by atoms with Crippen LogP contribution in [0, 0.1) is 0 Å². The van der Waals surface area contributed by atoms with Gasteiger partial charge in [0.05, 0.1) is 41.6 Å². The molecule has 160 valence electrons. The van der Waals surface area contributed by atoms with Crippen LogP contribution in [0.3, 0.4) is 0 Å². The van der Waals surface area contributed by atoms with E-state index in [4.69, 9.17) is 4.74 Å². The van der Waals surface area contributed by atoms with Gasteiger partial charge in [-0.2, -0.15) is 4.68 Å². The lowest BCUT2D eigenvalue weighted by Crippen LogP contribution is -2.32. The lowest BCUT2D eigenvalue weighted by molar-refractivity contribution is 0.00619. The van der Waals surface area contributed by atoms with Gasteiger partial charge in [0, 0.05) is 6.61 Å². The Morgan fingerprint density at radius 3 is 2.84 bits per heavy atom. The minimum Gasteiger partial charge on any atom is -0.376 e. The smallest absolute Gasteiger partial charge is 0.279 e. The molecule has 0 spiro atoms. The molecule has 0 amide bonds. The van der Waals surface area contributed by atoms with Crippen LogP contribution in [0.25, 0.3) is 22.4 Å². The van der Waals surface area contributed by atoms with Crippen LogP contribution in [0.1, 0.15) is 43.8 Å². The van der Waals surface area contributed by atoms with Crippen LogP contribution in [0.5, 0.6) is 0 Å². The molecule has 0 radical (unpaired) electrons. The van der Waals surface area contributed by atoms with Crippen molar-refractivity contribution in [2.45, 2.75) is 50.8 Å². The summed E-state index contributed by atoms with van der Waals surface area (Å²) >= 11 is 0. The summed E-state index contributed by atoms with van der Waals surface area (Å²) in [4.78, 5) is 18.4. The summed E-state index contributed by atoms with van der Waals surface area (Å²) in [5.74, 6) is 0.523. The normalized spacial score (nSPS) is 21.9. The van der Waals surface area contributed by atoms with E-state index in [0.29, 0.717) is 17.9 Å². The van der Waals surface area contributed by atoms with Crippen LogP contribution in [0.4, 0.5) is 0 Å². The van der Waals surface area contributed by atoms with Crippen LogP contribution in [0.2, 0.25) is 0 Å². The molecule has 0 saturated carbocycles. The van der Waals surface area contributed by atoms with E-state index in [1.165, 1.54) is 0 Å². The van der Waals surface area contributed by atoms with Gasteiger partial charge in [-0.1, -0.05) is 17.3 Å². The second-order valence-electron chi connectivity index (χ2n) is 8.40. The Morgan fingerprint density at radius 1 is 1.13 bits per heavy atom. The van der Waals surface area contributed by atoms with Crippen molar-refractivity contribution in [2.75, 3.05) is 13.2 Å². The summed E-state index contributed by atoms with van der Waals surface area (Å²) in [6, 6.07) is 8.13. The van der Waals surface area contributed by atoms with Crippen molar-refractivity contribution >= 4 is 16.6 Å². The van der Waals surface area contributed by atoms with Gasteiger partial charge in [0.2, 0.25) is 0 Å². The van der Waals surface area contributed by atoms with Gasteiger partial charge in [-0.15, -0.1) is 5.10 Å². The number of fused-ring (bicyclic) bond motifs is 3. The summed E-state index contributed by atoms with van der Waals surface area (Å²) in [5, 5.41) is 11.9. The molecule has 2 atom stereocenters. The van der Waals surface area contributed by atoms with Crippen molar-refractivity contribution in [1.29, 1.82) is 0 Å². The molecule has 9 nitrogen and oxygen atoms in total. The maximum atomic E-state index is 13.8. The van der Waals surface area contributed by atoms with E-state index >= 15 is 0 Å². The fourth-order valence-electron chi connectivity index (χ4n) is 4.93. The molecule has 2 fully saturated rings. The number of benzene rings is 1. The largest absolute Gasteiger partial charge is 0.376 e. The van der Waals surface area contributed by atoms with Crippen molar-refractivity contribution in [3.05, 3.63) is 52.8 Å². The van der Waals surface area contributed by atoms with Crippen molar-refractivity contribution in [3.63, 3.8) is 0 Å². The highest BCUT2D eigenvalue weighted by Gasteiger charge is 2.26. The minimum atomic E-state index is -0.0822. The van der Waals surface area contributed by atoms with Gasteiger partial charge in [-0.25, -0.2) is 4.98 Å². The molecular formula is C22H25N7O2. The second kappa shape index (κ2) is 7.58. The van der Waals surface area contributed by atoms with E-state index in [1.54, 1.807) is 17.2 Å². The van der Waals surface area contributed by atoms with Gasteiger partial charge in [-0.3, -0.25) is 9.20 Å². The van der Waals surface area contributed by atoms with E-state index in [9.17, 15) is 4.79 Å². The monoisotopic (exact) mass is 419 g/mol. The van der Waals surface area contributed by atoms with Gasteiger partial charge in [0.15, 0.2) is 11.3 Å². The van der Waals surface area contributed by atoms with Gasteiger partial charge < -0.3 is 14.6 Å². The van der Waals surface area contributed by atoms with E-state index in [0.717, 1.165) is 62.0 Å². The van der Waals surface area contributed by atoms with Crippen LogP contribution in [-0.2, 0) is 11.3 Å². The van der Waals surface area contributed by atoms with Crippen LogP contribution in [-0.4, -0.2) is 48.2 Å². The lowest BCUT2D eigenvalue weighted by Gasteiger charge is -2.24. The first-order chi connectivity index (χ1) is 15.3. The number of hydrogen-bond donors (Lipinski definition) is 1. The van der Waals surface area contributed by atoms with Crippen molar-refractivity contribution in [3.8, 4) is 5.82 Å². The SMILES string of the molecule is O=c1c2c(-n3nncc3C3CCCN3)ncn2c2ccccc2n1CC1CCCCO1. The molecule has 0 bridgehead atoms. The number of ether oxygens (including phenoxy) is 1. The molecule has 3 aromatic heterocycles. The van der Waals surface area contributed by atoms with Crippen molar-refractivity contribution in [1.82, 2.24) is 34.3 Å². The Hall–Kier alpha value is -3.04. The van der Waals surface area contributed by atoms with Gasteiger partial charge in [0.1, 0.15) is 6.33 Å². The van der Waals surface area contributed by atoms with Crippen molar-refractivity contribution < 1.29 is 4.74 Å². The Labute approximate surface area is 178 Å². The number of aromatic nitrogens is 6. The average Bonchev–Trinajstić information content (AvgIpc) is 3.57. The molecule has 9 heteroatoms. The molecule has 0 aliphatic carbocycles. The topological polar surface area (TPSA) is 91.3 Å². The quantitative estimate of drug-likeness (QED) is 0.545. The molecular weight excluding hydrogens is 394 g/mol. The van der Waals surface area contributed by atoms with Gasteiger partial charge in [-0.05, 0) is 50.8 Å². The standard InChI is InChI=1S/C22H25N7O2/c30-22-20-21(29-19(12-25-26-29)16-7-5-10-23-16)24-14-28(20)18-9-2-1-8-17(18)27(22)13-15-6-3-4-11-31-15/h1-2,8-9,12,14-16,23H,3-7,10-11,13H2. The number of para-hydroxylation sites is 2. The van der Waals surface area contributed by atoms with E-state index in [2.05, 4.69) is 20.6 Å². The predicted molar refractivity (Wildman–Crippen MR) is 115 cm³/mol. The third kappa shape index (κ3) is 3.07. The molecule has 2 aliphatic rings. The van der Waals surface area contributed by atoms with Gasteiger partial charge >= 0.3 is 0 Å². The summed E-state index contributed by atoms with van der Waals surface area (Å²) in [6.07, 6.45) is 8.85. The highest BCUT2D eigenvalue weighted by Crippen LogP contribution is 2.26. The molecule has 4 aromatic rings. The van der Waals surface area contributed by atoms with Gasteiger partial charge in [0.25, 0.3) is 5.56 Å². The third-order valence-electron chi connectivity index (χ3n) is 6.48. The van der Waals surface area contributed by atoms with E-state index in [1.807, 2.05) is 33.2 Å². The number of hydrogen-bond acceptors (Lipinski definition) is 6. The Bertz CT molecular complexity index is 1290. The minimum absolute atomic E-state index is 0.0493. The van der Waals surface area contributed by atoms with Crippen LogP contribution >= 0.6 is 0 Å². The number of imidazole rings is 1. The lowest BCUT2D eigenvalue weighted by atomic mass is 10.1. The molecule has 31 heavy (non-hydrogen) atoms. The summed E-state index contributed by atoms with van der Waals surface area (Å²) in [6.45, 7) is 2.27. The Kier molecular flexibility index (Phi) is 4.57. The molecule has 2 aliphatic heterocycles. The zero-order valence-corrected chi connectivity index (χ0v) is 17.3. The number of nitrogens with one attached hydrogen (secondary N) is 1. The maximum Gasteiger partial charge on any atom is 0.279 e. The zero-order chi connectivity index (χ0) is 20.8. The first-order valence-electron chi connectivity index (χ1n) is 11.1. The maximum absolute atomic E-state index is 13.8. The number of rotatable bonds is 4. The summed E-state index contributed by atoms with van der Waals surface area (Å²) < 4.78 is 11.4. The Morgan fingerprint density at radius 2 is 2.03 bits per heavy atom. The molecule has 1 aromatic carbocycles. The van der Waals surface area contributed by atoms with Crippen LogP contribution < -0.4 is 10.9 Å². The fraction of sp³-hybridized carbons (Fsp3) is 0.455. The summed E-state index contributed by atoms with van der Waals surface area (Å²) in [7, 11) is 0. The highest BCUT2D eigenvalue weighted by molar-refractivity contribution is 5.80. The Balaban J connectivity index is 1.55. The molecule has 6 rings (SSSR count). The zero-order valence-electron chi connectivity index (χ0n) is 17.3. The third-order valence-corrected chi connectivity index (χ3v) is 6.48. The summed E-state index contributed by atoms with van der Waals surface area (Å²) in [5.41, 5.74) is 3.19.